The molecule has 0 atom stereocenters. The van der Waals surface area contributed by atoms with Crippen molar-refractivity contribution in [1.29, 1.82) is 0 Å². The maximum absolute atomic E-state index is 11.2. The summed E-state index contributed by atoms with van der Waals surface area (Å²) in [5.74, 6) is 0. The molecule has 0 unspecified atom stereocenters. The molecule has 3 heterocycles. The van der Waals surface area contributed by atoms with Crippen LogP contribution in [0, 0.1) is 6.92 Å². The van der Waals surface area contributed by atoms with Gasteiger partial charge in [-0.1, -0.05) is 0 Å². The van der Waals surface area contributed by atoms with Crippen LogP contribution in [0.2, 0.25) is 0 Å². The number of aromatic amines is 1. The fraction of sp³-hybridized carbons (Fsp3) is 0.417. The Balaban J connectivity index is 1.59. The molecule has 1 aliphatic rings. The van der Waals surface area contributed by atoms with Crippen LogP contribution in [-0.2, 0) is 31.0 Å². The second-order valence-corrected chi connectivity index (χ2v) is 5.73. The van der Waals surface area contributed by atoms with Gasteiger partial charge < -0.3 is 15.4 Å². The van der Waals surface area contributed by atoms with E-state index in [4.69, 9.17) is 10.5 Å². The number of nitrogens with zero attached hydrogens (tertiary/aromatic N) is 3. The molecule has 0 aliphatic carbocycles. The van der Waals surface area contributed by atoms with E-state index in [0.717, 1.165) is 27.7 Å². The Morgan fingerprint density at radius 3 is 3.10 bits per heavy atom. The molecule has 0 bridgehead atoms. The lowest BCUT2D eigenvalue weighted by molar-refractivity contribution is 0.101. The molecule has 8 heteroatoms. The van der Waals surface area contributed by atoms with Crippen LogP contribution < -0.4 is 5.73 Å². The number of urea groups is 1. The van der Waals surface area contributed by atoms with E-state index in [9.17, 15) is 4.79 Å². The van der Waals surface area contributed by atoms with Crippen molar-refractivity contribution in [2.75, 3.05) is 0 Å². The van der Waals surface area contributed by atoms with Crippen LogP contribution in [0.4, 0.5) is 4.79 Å². The molecule has 3 rings (SSSR count). The minimum atomic E-state index is -0.417. The summed E-state index contributed by atoms with van der Waals surface area (Å²) in [4.78, 5) is 17.1. The summed E-state index contributed by atoms with van der Waals surface area (Å²) in [7, 11) is 0. The van der Waals surface area contributed by atoms with E-state index < -0.39 is 6.03 Å². The van der Waals surface area contributed by atoms with Crippen LogP contribution in [0.15, 0.2) is 5.38 Å². The van der Waals surface area contributed by atoms with Crippen LogP contribution in [0.1, 0.15) is 27.7 Å². The summed E-state index contributed by atoms with van der Waals surface area (Å²) < 4.78 is 5.63. The molecule has 0 saturated carbocycles. The fourth-order valence-electron chi connectivity index (χ4n) is 2.20. The van der Waals surface area contributed by atoms with E-state index in [1.165, 1.54) is 0 Å². The van der Waals surface area contributed by atoms with Gasteiger partial charge in [0.1, 0.15) is 0 Å². The molecule has 0 aromatic carbocycles. The molecule has 0 radical (unpaired) electrons. The van der Waals surface area contributed by atoms with Gasteiger partial charge in [-0.2, -0.15) is 5.10 Å². The number of rotatable bonds is 4. The average molecular weight is 293 g/mol. The van der Waals surface area contributed by atoms with Crippen molar-refractivity contribution in [3.05, 3.63) is 33.0 Å². The largest absolute Gasteiger partial charge is 0.369 e. The lowest BCUT2D eigenvalue weighted by Crippen LogP contribution is -2.31. The monoisotopic (exact) mass is 293 g/mol. The Morgan fingerprint density at radius 2 is 2.40 bits per heavy atom. The summed E-state index contributed by atoms with van der Waals surface area (Å²) in [6, 6.07) is -0.417. The van der Waals surface area contributed by atoms with E-state index in [1.807, 2.05) is 12.3 Å². The molecule has 7 nitrogen and oxygen atoms in total. The predicted molar refractivity (Wildman–Crippen MR) is 72.8 cm³/mol. The van der Waals surface area contributed by atoms with Crippen LogP contribution >= 0.6 is 11.3 Å². The first-order valence-electron chi connectivity index (χ1n) is 6.21. The van der Waals surface area contributed by atoms with Crippen LogP contribution in [0.25, 0.3) is 0 Å². The minimum absolute atomic E-state index is 0.398. The van der Waals surface area contributed by atoms with Gasteiger partial charge in [0.15, 0.2) is 0 Å². The Kier molecular flexibility index (Phi) is 3.41. The van der Waals surface area contributed by atoms with E-state index in [1.54, 1.807) is 16.2 Å². The molecule has 0 spiro atoms. The number of fused-ring (bicyclic) bond motifs is 1. The number of carbonyl (C=O) groups is 1. The molecule has 0 fully saturated rings. The molecule has 0 saturated heterocycles. The summed E-state index contributed by atoms with van der Waals surface area (Å²) in [5.41, 5.74) is 8.99. The highest BCUT2D eigenvalue weighted by Gasteiger charge is 2.26. The predicted octanol–water partition coefficient (Wildman–Crippen LogP) is 1.29. The van der Waals surface area contributed by atoms with E-state index in [2.05, 4.69) is 15.2 Å². The van der Waals surface area contributed by atoms with Gasteiger partial charge in [-0.05, 0) is 6.92 Å². The molecular formula is C12H15N5O2S. The maximum atomic E-state index is 11.2. The highest BCUT2D eigenvalue weighted by Crippen LogP contribution is 2.24. The number of ether oxygens (including phenoxy) is 1. The third-order valence-corrected chi connectivity index (χ3v) is 4.03. The lowest BCUT2D eigenvalue weighted by atomic mass is 10.2. The number of amides is 2. The summed E-state index contributed by atoms with van der Waals surface area (Å²) in [6.45, 7) is 3.81. The highest BCUT2D eigenvalue weighted by molar-refractivity contribution is 7.09. The number of nitrogens with two attached hydrogens (primary N) is 1. The number of nitrogens with one attached hydrogen (secondary N) is 1. The van der Waals surface area contributed by atoms with Crippen molar-refractivity contribution in [2.24, 2.45) is 5.73 Å². The zero-order valence-corrected chi connectivity index (χ0v) is 11.9. The molecule has 20 heavy (non-hydrogen) atoms. The van der Waals surface area contributed by atoms with Crippen LogP contribution in [0.5, 0.6) is 0 Å². The van der Waals surface area contributed by atoms with Crippen molar-refractivity contribution in [3.63, 3.8) is 0 Å². The fourth-order valence-corrected chi connectivity index (χ4v) is 2.80. The van der Waals surface area contributed by atoms with Gasteiger partial charge in [0, 0.05) is 10.9 Å². The number of hydrogen-bond acceptors (Lipinski definition) is 5. The van der Waals surface area contributed by atoms with Gasteiger partial charge in [-0.15, -0.1) is 11.3 Å². The van der Waals surface area contributed by atoms with Crippen LogP contribution in [-0.4, -0.2) is 26.1 Å². The number of aromatic nitrogens is 3. The molecule has 2 aromatic rings. The zero-order valence-electron chi connectivity index (χ0n) is 11.0. The third-order valence-electron chi connectivity index (χ3n) is 3.20. The Labute approximate surface area is 119 Å². The molecular weight excluding hydrogens is 278 g/mol. The number of carbonyl (C=O) groups excluding carboxylic acids is 1. The Hall–Kier alpha value is -1.93. The Morgan fingerprint density at radius 1 is 1.55 bits per heavy atom. The van der Waals surface area contributed by atoms with E-state index in [-0.39, 0.29) is 0 Å². The molecule has 2 amide bonds. The van der Waals surface area contributed by atoms with Crippen molar-refractivity contribution < 1.29 is 9.53 Å². The van der Waals surface area contributed by atoms with Crippen LogP contribution in [0.3, 0.4) is 0 Å². The Bertz CT molecular complexity index is 636. The summed E-state index contributed by atoms with van der Waals surface area (Å²) in [6.07, 6.45) is 0. The second-order valence-electron chi connectivity index (χ2n) is 4.67. The van der Waals surface area contributed by atoms with Gasteiger partial charge in [0.25, 0.3) is 0 Å². The molecule has 2 aromatic heterocycles. The molecule has 1 aliphatic heterocycles. The van der Waals surface area contributed by atoms with Gasteiger partial charge in [-0.3, -0.25) is 5.10 Å². The smallest absolute Gasteiger partial charge is 0.315 e. The number of hydrogen-bond donors (Lipinski definition) is 2. The highest BCUT2D eigenvalue weighted by atomic mass is 32.1. The first-order valence-corrected chi connectivity index (χ1v) is 7.09. The summed E-state index contributed by atoms with van der Waals surface area (Å²) in [5, 5.41) is 10.2. The SMILES string of the molecule is Cc1nc(COCc2n[nH]c3c2CN(C(N)=O)C3)cs1. The second kappa shape index (κ2) is 5.22. The number of H-pyrrole nitrogens is 1. The minimum Gasteiger partial charge on any atom is -0.369 e. The zero-order chi connectivity index (χ0) is 14.1. The van der Waals surface area contributed by atoms with E-state index in [0.29, 0.717) is 26.3 Å². The topological polar surface area (TPSA) is 97.1 Å². The van der Waals surface area contributed by atoms with E-state index >= 15 is 0 Å². The lowest BCUT2D eigenvalue weighted by Gasteiger charge is -2.11. The normalized spacial score (nSPS) is 13.8. The number of aryl methyl sites for hydroxylation is 1. The summed E-state index contributed by atoms with van der Waals surface area (Å²) >= 11 is 1.60. The molecule has 106 valence electrons. The van der Waals surface area contributed by atoms with Crippen molar-refractivity contribution in [2.45, 2.75) is 33.2 Å². The maximum Gasteiger partial charge on any atom is 0.315 e. The number of primary amides is 1. The molecule has 3 N–H and O–H groups in total. The number of thiazole rings is 1. The first-order chi connectivity index (χ1) is 9.63. The van der Waals surface area contributed by atoms with Gasteiger partial charge in [0.2, 0.25) is 0 Å². The van der Waals surface area contributed by atoms with Gasteiger partial charge in [0.05, 0.1) is 48.4 Å². The third kappa shape index (κ3) is 2.52. The van der Waals surface area contributed by atoms with Crippen molar-refractivity contribution in [1.82, 2.24) is 20.1 Å². The van der Waals surface area contributed by atoms with Gasteiger partial charge >= 0.3 is 6.03 Å². The average Bonchev–Trinajstić information content (AvgIpc) is 3.06. The standard InChI is InChI=1S/C12H15N5O2S/c1-7-14-8(6-20-7)4-19-5-11-9-2-17(12(13)18)3-10(9)15-16-11/h6H,2-5H2,1H3,(H2,13,18)(H,15,16). The quantitative estimate of drug-likeness (QED) is 0.887. The van der Waals surface area contributed by atoms with Gasteiger partial charge in [-0.25, -0.2) is 9.78 Å². The first kappa shape index (κ1) is 13.1. The van der Waals surface area contributed by atoms with Crippen molar-refractivity contribution >= 4 is 17.4 Å². The van der Waals surface area contributed by atoms with Crippen molar-refractivity contribution in [3.8, 4) is 0 Å².